The van der Waals surface area contributed by atoms with E-state index >= 15 is 0 Å². The lowest BCUT2D eigenvalue weighted by Gasteiger charge is -2.08. The fourth-order valence-corrected chi connectivity index (χ4v) is 1.99. The number of nitrogens with zero attached hydrogens (tertiary/aromatic N) is 1. The molecule has 0 fully saturated rings. The number of halogens is 1. The Morgan fingerprint density at radius 3 is 2.44 bits per heavy atom. The third kappa shape index (κ3) is 6.19. The minimum atomic E-state index is -1.03. The van der Waals surface area contributed by atoms with Crippen molar-refractivity contribution in [1.82, 2.24) is 5.43 Å². The molecular formula is C17H16FN3O3S. The minimum Gasteiger partial charge on any atom is -0.482 e. The van der Waals surface area contributed by atoms with Crippen LogP contribution in [0.25, 0.3) is 0 Å². The molecule has 0 aliphatic heterocycles. The molecule has 0 saturated carbocycles. The molecule has 0 unspecified atom stereocenters. The van der Waals surface area contributed by atoms with Gasteiger partial charge in [-0.05, 0) is 73.2 Å². The summed E-state index contributed by atoms with van der Waals surface area (Å²) in [5.74, 6) is -0.900. The first-order valence-electron chi connectivity index (χ1n) is 7.26. The highest BCUT2D eigenvalue weighted by molar-refractivity contribution is 7.80. The first kappa shape index (κ1) is 18.3. The largest absolute Gasteiger partial charge is 0.482 e. The maximum Gasteiger partial charge on any atom is 0.341 e. The van der Waals surface area contributed by atoms with Gasteiger partial charge in [-0.25, -0.2) is 9.18 Å². The predicted molar refractivity (Wildman–Crippen MR) is 97.5 cm³/mol. The van der Waals surface area contributed by atoms with Crippen LogP contribution in [0.15, 0.2) is 53.6 Å². The van der Waals surface area contributed by atoms with Crippen LogP contribution in [-0.2, 0) is 4.79 Å². The van der Waals surface area contributed by atoms with Crippen LogP contribution < -0.4 is 15.5 Å². The van der Waals surface area contributed by atoms with Crippen LogP contribution in [0.5, 0.6) is 5.75 Å². The molecule has 0 aliphatic carbocycles. The molecule has 3 N–H and O–H groups in total. The van der Waals surface area contributed by atoms with Crippen LogP contribution in [0.3, 0.4) is 0 Å². The fraction of sp³-hybridized carbons (Fsp3) is 0.118. The van der Waals surface area contributed by atoms with Crippen molar-refractivity contribution >= 4 is 34.7 Å². The normalized spacial score (nSPS) is 10.9. The van der Waals surface area contributed by atoms with Crippen molar-refractivity contribution in [1.29, 1.82) is 0 Å². The van der Waals surface area contributed by atoms with Crippen LogP contribution in [-0.4, -0.2) is 28.5 Å². The van der Waals surface area contributed by atoms with Crippen molar-refractivity contribution < 1.29 is 19.0 Å². The lowest BCUT2D eigenvalue weighted by Crippen LogP contribution is -2.24. The van der Waals surface area contributed by atoms with E-state index in [2.05, 4.69) is 15.8 Å². The summed E-state index contributed by atoms with van der Waals surface area (Å²) >= 11 is 5.12. The van der Waals surface area contributed by atoms with Crippen molar-refractivity contribution in [2.24, 2.45) is 5.10 Å². The van der Waals surface area contributed by atoms with Crippen molar-refractivity contribution in [3.05, 3.63) is 59.9 Å². The number of benzene rings is 2. The van der Waals surface area contributed by atoms with Gasteiger partial charge >= 0.3 is 5.97 Å². The number of hydrogen-bond acceptors (Lipinski definition) is 4. The molecule has 0 atom stereocenters. The molecule has 0 aliphatic rings. The first-order valence-corrected chi connectivity index (χ1v) is 7.67. The van der Waals surface area contributed by atoms with Crippen LogP contribution in [0.1, 0.15) is 12.5 Å². The molecule has 25 heavy (non-hydrogen) atoms. The number of carboxylic acids is 1. The maximum absolute atomic E-state index is 12.8. The zero-order valence-corrected chi connectivity index (χ0v) is 14.1. The Balaban J connectivity index is 1.90. The number of anilines is 1. The van der Waals surface area contributed by atoms with Crippen LogP contribution in [0, 0.1) is 5.82 Å². The molecule has 0 spiro atoms. The summed E-state index contributed by atoms with van der Waals surface area (Å²) in [6, 6.07) is 12.6. The van der Waals surface area contributed by atoms with E-state index in [4.69, 9.17) is 22.1 Å². The lowest BCUT2D eigenvalue weighted by molar-refractivity contribution is -0.139. The highest BCUT2D eigenvalue weighted by Gasteiger charge is 2.02. The predicted octanol–water partition coefficient (Wildman–Crippen LogP) is 3.00. The molecule has 0 amide bonds. The zero-order valence-electron chi connectivity index (χ0n) is 13.3. The Hall–Kier alpha value is -3.00. The molecule has 0 heterocycles. The van der Waals surface area contributed by atoms with Gasteiger partial charge in [0.2, 0.25) is 0 Å². The van der Waals surface area contributed by atoms with Crippen LogP contribution in [0.2, 0.25) is 0 Å². The Labute approximate surface area is 149 Å². The van der Waals surface area contributed by atoms with E-state index in [-0.39, 0.29) is 10.9 Å². The van der Waals surface area contributed by atoms with Gasteiger partial charge in [0.05, 0.1) is 5.71 Å². The van der Waals surface area contributed by atoms with E-state index in [0.29, 0.717) is 17.1 Å². The second kappa shape index (κ2) is 8.74. The molecule has 2 aromatic rings. The summed E-state index contributed by atoms with van der Waals surface area (Å²) in [6.45, 7) is 1.40. The quantitative estimate of drug-likeness (QED) is 0.417. The van der Waals surface area contributed by atoms with Crippen LogP contribution in [0.4, 0.5) is 10.1 Å². The average molecular weight is 361 g/mol. The van der Waals surface area contributed by atoms with E-state index in [1.165, 1.54) is 12.1 Å². The van der Waals surface area contributed by atoms with E-state index in [1.807, 2.05) is 0 Å². The van der Waals surface area contributed by atoms with Gasteiger partial charge in [0, 0.05) is 5.69 Å². The van der Waals surface area contributed by atoms with Gasteiger partial charge in [0.15, 0.2) is 11.7 Å². The van der Waals surface area contributed by atoms with Gasteiger partial charge in [-0.3, -0.25) is 5.43 Å². The highest BCUT2D eigenvalue weighted by Crippen LogP contribution is 2.13. The number of rotatable bonds is 6. The van der Waals surface area contributed by atoms with Gasteiger partial charge in [0.1, 0.15) is 11.6 Å². The number of hydrazone groups is 1. The minimum absolute atomic E-state index is 0.271. The topological polar surface area (TPSA) is 83.0 Å². The highest BCUT2D eigenvalue weighted by atomic mass is 32.1. The van der Waals surface area contributed by atoms with E-state index in [1.54, 1.807) is 43.3 Å². The Bertz CT molecular complexity index is 777. The van der Waals surface area contributed by atoms with E-state index in [0.717, 1.165) is 5.56 Å². The molecule has 0 saturated heterocycles. The van der Waals surface area contributed by atoms with Crippen molar-refractivity contribution in [2.75, 3.05) is 11.9 Å². The van der Waals surface area contributed by atoms with Crippen molar-refractivity contribution in [2.45, 2.75) is 6.92 Å². The summed E-state index contributed by atoms with van der Waals surface area (Å²) in [7, 11) is 0. The molecular weight excluding hydrogens is 345 g/mol. The zero-order chi connectivity index (χ0) is 18.2. The Kier molecular flexibility index (Phi) is 6.41. The third-order valence-electron chi connectivity index (χ3n) is 3.06. The number of nitrogens with one attached hydrogen (secondary N) is 2. The van der Waals surface area contributed by atoms with E-state index in [9.17, 15) is 9.18 Å². The van der Waals surface area contributed by atoms with Gasteiger partial charge in [0.25, 0.3) is 0 Å². The number of ether oxygens (including phenoxy) is 1. The molecule has 0 aromatic heterocycles. The second-order valence-corrected chi connectivity index (χ2v) is 5.39. The Morgan fingerprint density at radius 1 is 1.20 bits per heavy atom. The lowest BCUT2D eigenvalue weighted by atomic mass is 10.1. The number of carbonyl (C=O) groups is 1. The van der Waals surface area contributed by atoms with Gasteiger partial charge in [-0.1, -0.05) is 0 Å². The summed E-state index contributed by atoms with van der Waals surface area (Å²) < 4.78 is 17.9. The molecule has 0 bridgehead atoms. The van der Waals surface area contributed by atoms with Crippen molar-refractivity contribution in [3.8, 4) is 5.75 Å². The molecule has 2 rings (SSSR count). The SMILES string of the molecule is C/C(=N/NC(=S)Nc1ccc(F)cc1)c1ccc(OCC(=O)O)cc1. The van der Waals surface area contributed by atoms with Gasteiger partial charge in [-0.15, -0.1) is 0 Å². The average Bonchev–Trinajstić information content (AvgIpc) is 2.60. The number of thiocarbonyl (C=S) groups is 1. The molecule has 0 radical (unpaired) electrons. The van der Waals surface area contributed by atoms with Gasteiger partial charge < -0.3 is 15.2 Å². The first-order chi connectivity index (χ1) is 11.9. The number of carboxylic acid groups (broad SMARTS) is 1. The fourth-order valence-electron chi connectivity index (χ4n) is 1.83. The standard InChI is InChI=1S/C17H16FN3O3S/c1-11(12-2-8-15(9-3-12)24-10-16(22)23)20-21-17(25)19-14-6-4-13(18)5-7-14/h2-9H,10H2,1H3,(H,22,23)(H2,19,21,25)/b20-11-. The molecule has 8 heteroatoms. The second-order valence-electron chi connectivity index (χ2n) is 4.98. The Morgan fingerprint density at radius 2 is 1.84 bits per heavy atom. The number of hydrogen-bond donors (Lipinski definition) is 3. The summed E-state index contributed by atoms with van der Waals surface area (Å²) in [5, 5.41) is 15.9. The molecule has 130 valence electrons. The molecule has 6 nitrogen and oxygen atoms in total. The van der Waals surface area contributed by atoms with Crippen molar-refractivity contribution in [3.63, 3.8) is 0 Å². The summed E-state index contributed by atoms with van der Waals surface area (Å²) in [4.78, 5) is 10.5. The third-order valence-corrected chi connectivity index (χ3v) is 3.25. The summed E-state index contributed by atoms with van der Waals surface area (Å²) in [6.07, 6.45) is 0. The summed E-state index contributed by atoms with van der Waals surface area (Å²) in [5.41, 5.74) is 4.84. The maximum atomic E-state index is 12.8. The van der Waals surface area contributed by atoms with Gasteiger partial charge in [-0.2, -0.15) is 5.10 Å². The number of aliphatic carboxylic acids is 1. The monoisotopic (exact) mass is 361 g/mol. The van der Waals surface area contributed by atoms with Crippen LogP contribution >= 0.6 is 12.2 Å². The molecule has 2 aromatic carbocycles. The van der Waals surface area contributed by atoms with E-state index < -0.39 is 12.6 Å². The smallest absolute Gasteiger partial charge is 0.341 e.